The third kappa shape index (κ3) is 4.48. The lowest BCUT2D eigenvalue weighted by Gasteiger charge is -2.21. The summed E-state index contributed by atoms with van der Waals surface area (Å²) in [6.07, 6.45) is 1.50. The van der Waals surface area contributed by atoms with Crippen LogP contribution in [0.3, 0.4) is 0 Å². The summed E-state index contributed by atoms with van der Waals surface area (Å²) in [7, 11) is 3.12. The number of benzene rings is 2. The van der Waals surface area contributed by atoms with Gasteiger partial charge in [0.25, 0.3) is 0 Å². The van der Waals surface area contributed by atoms with Crippen molar-refractivity contribution < 1.29 is 24.2 Å². The van der Waals surface area contributed by atoms with Crippen molar-refractivity contribution in [2.75, 3.05) is 14.2 Å². The van der Waals surface area contributed by atoms with Crippen molar-refractivity contribution in [2.24, 2.45) is 0 Å². The highest BCUT2D eigenvalue weighted by molar-refractivity contribution is 6.14. The summed E-state index contributed by atoms with van der Waals surface area (Å²) in [6.45, 7) is 4.19. The molecule has 0 amide bonds. The lowest BCUT2D eigenvalue weighted by atomic mass is 9.90. The molecule has 0 unspecified atom stereocenters. The molecule has 0 aliphatic carbocycles. The molecule has 0 aliphatic heterocycles. The largest absolute Gasteiger partial charge is 0.507 e. The molecule has 5 nitrogen and oxygen atoms in total. The number of para-hydroxylation sites is 1. The molecule has 0 saturated carbocycles. The molecular formula is C22H26O5. The Morgan fingerprint density at radius 3 is 2.00 bits per heavy atom. The maximum absolute atomic E-state index is 12.7. The zero-order valence-corrected chi connectivity index (χ0v) is 16.2. The molecule has 2 aromatic rings. The molecule has 0 aromatic heterocycles. The van der Waals surface area contributed by atoms with Crippen molar-refractivity contribution in [2.45, 2.75) is 39.0 Å². The van der Waals surface area contributed by atoms with Crippen LogP contribution in [0.25, 0.3) is 0 Å². The van der Waals surface area contributed by atoms with Crippen LogP contribution in [-0.2, 0) is 0 Å². The number of hydrogen-bond acceptors (Lipinski definition) is 5. The van der Waals surface area contributed by atoms with Crippen LogP contribution in [-0.4, -0.2) is 30.9 Å². The minimum absolute atomic E-state index is 0.130. The van der Waals surface area contributed by atoms with Gasteiger partial charge in [-0.3, -0.25) is 9.59 Å². The highest BCUT2D eigenvalue weighted by Crippen LogP contribution is 2.40. The van der Waals surface area contributed by atoms with Crippen molar-refractivity contribution in [3.63, 3.8) is 0 Å². The molecule has 27 heavy (non-hydrogen) atoms. The number of aromatic hydroxyl groups is 1. The summed E-state index contributed by atoms with van der Waals surface area (Å²) >= 11 is 0. The van der Waals surface area contributed by atoms with Crippen molar-refractivity contribution in [1.82, 2.24) is 0 Å². The molecular weight excluding hydrogens is 344 g/mol. The van der Waals surface area contributed by atoms with Crippen LogP contribution < -0.4 is 9.47 Å². The molecule has 0 spiro atoms. The number of methoxy groups -OCH3 is 2. The number of carbonyl (C=O) groups excluding carboxylic acids is 2. The lowest BCUT2D eigenvalue weighted by Crippen LogP contribution is -2.11. The first-order valence-corrected chi connectivity index (χ1v) is 9.07. The van der Waals surface area contributed by atoms with Crippen molar-refractivity contribution >= 4 is 11.6 Å². The Bertz CT molecular complexity index is 796. The quantitative estimate of drug-likeness (QED) is 0.508. The van der Waals surface area contributed by atoms with E-state index in [1.807, 2.05) is 0 Å². The van der Waals surface area contributed by atoms with Gasteiger partial charge in [-0.25, -0.2) is 0 Å². The van der Waals surface area contributed by atoms with E-state index >= 15 is 0 Å². The zero-order chi connectivity index (χ0) is 20.0. The number of rotatable bonds is 9. The monoisotopic (exact) mass is 370 g/mol. The standard InChI is InChI=1S/C22H26O5/c1-5-14(6-2)22-20(26-3)11-15(12-21(22)27-4)18(24)13-19(25)16-9-7-8-10-17(16)23/h7-12,14,23H,5-6,13H2,1-4H3. The molecule has 0 aliphatic rings. The zero-order valence-electron chi connectivity index (χ0n) is 16.2. The maximum Gasteiger partial charge on any atom is 0.174 e. The molecule has 0 radical (unpaired) electrons. The van der Waals surface area contributed by atoms with Gasteiger partial charge in [0.1, 0.15) is 17.2 Å². The number of ketones is 2. The van der Waals surface area contributed by atoms with E-state index in [9.17, 15) is 14.7 Å². The molecule has 0 heterocycles. The van der Waals surface area contributed by atoms with E-state index in [0.717, 1.165) is 18.4 Å². The predicted molar refractivity (Wildman–Crippen MR) is 104 cm³/mol. The molecule has 1 N–H and O–H groups in total. The number of carbonyl (C=O) groups is 2. The minimum atomic E-state index is -0.430. The average Bonchev–Trinajstić information content (AvgIpc) is 2.68. The normalized spacial score (nSPS) is 10.7. The van der Waals surface area contributed by atoms with Gasteiger partial charge in [-0.15, -0.1) is 0 Å². The Morgan fingerprint density at radius 2 is 1.52 bits per heavy atom. The Labute approximate surface area is 159 Å². The van der Waals surface area contributed by atoms with Gasteiger partial charge in [-0.1, -0.05) is 26.0 Å². The van der Waals surface area contributed by atoms with E-state index in [4.69, 9.17) is 9.47 Å². The summed E-state index contributed by atoms with van der Waals surface area (Å²) in [6, 6.07) is 9.53. The topological polar surface area (TPSA) is 72.8 Å². The first-order valence-electron chi connectivity index (χ1n) is 9.07. The first kappa shape index (κ1) is 20.5. The first-order chi connectivity index (χ1) is 13.0. The number of phenolic OH excluding ortho intramolecular Hbond substituents is 1. The second-order valence-corrected chi connectivity index (χ2v) is 6.35. The number of phenols is 1. The lowest BCUT2D eigenvalue weighted by molar-refractivity contribution is 0.0892. The molecule has 0 fully saturated rings. The van der Waals surface area contributed by atoms with E-state index < -0.39 is 5.78 Å². The molecule has 0 saturated heterocycles. The van der Waals surface area contributed by atoms with Crippen LogP contribution in [0.15, 0.2) is 36.4 Å². The van der Waals surface area contributed by atoms with Gasteiger partial charge in [-0.05, 0) is 43.0 Å². The number of Topliss-reactive ketones (excluding diaryl/α,β-unsaturated/α-hetero) is 2. The van der Waals surface area contributed by atoms with Crippen molar-refractivity contribution in [3.8, 4) is 17.2 Å². The summed E-state index contributed by atoms with van der Waals surface area (Å²) in [5.74, 6) is 0.510. The minimum Gasteiger partial charge on any atom is -0.507 e. The molecule has 0 bridgehead atoms. The fourth-order valence-electron chi connectivity index (χ4n) is 3.25. The highest BCUT2D eigenvalue weighted by Gasteiger charge is 2.23. The Hall–Kier alpha value is -2.82. The summed E-state index contributed by atoms with van der Waals surface area (Å²) in [4.78, 5) is 25.1. The maximum atomic E-state index is 12.7. The van der Waals surface area contributed by atoms with E-state index in [-0.39, 0.29) is 29.4 Å². The van der Waals surface area contributed by atoms with Gasteiger partial charge in [0, 0.05) is 11.1 Å². The van der Waals surface area contributed by atoms with Crippen LogP contribution in [0, 0.1) is 0 Å². The van der Waals surface area contributed by atoms with Gasteiger partial charge < -0.3 is 14.6 Å². The molecule has 0 atom stereocenters. The second-order valence-electron chi connectivity index (χ2n) is 6.35. The number of ether oxygens (including phenoxy) is 2. The third-order valence-electron chi connectivity index (χ3n) is 4.79. The van der Waals surface area contributed by atoms with Crippen molar-refractivity contribution in [3.05, 3.63) is 53.1 Å². The molecule has 2 rings (SSSR count). The highest BCUT2D eigenvalue weighted by atomic mass is 16.5. The predicted octanol–water partition coefficient (Wildman–Crippen LogP) is 4.77. The Balaban J connectivity index is 2.36. The van der Waals surface area contributed by atoms with Gasteiger partial charge in [0.2, 0.25) is 0 Å². The number of hydrogen-bond donors (Lipinski definition) is 1. The smallest absolute Gasteiger partial charge is 0.174 e. The van der Waals surface area contributed by atoms with E-state index in [0.29, 0.717) is 17.1 Å². The van der Waals surface area contributed by atoms with Crippen LogP contribution in [0.4, 0.5) is 0 Å². The van der Waals surface area contributed by atoms with Gasteiger partial charge in [0.05, 0.1) is 26.2 Å². The fraction of sp³-hybridized carbons (Fsp3) is 0.364. The van der Waals surface area contributed by atoms with Crippen LogP contribution in [0.5, 0.6) is 17.2 Å². The Morgan fingerprint density at radius 1 is 0.963 bits per heavy atom. The van der Waals surface area contributed by atoms with Gasteiger partial charge in [-0.2, -0.15) is 0 Å². The SMILES string of the molecule is CCC(CC)c1c(OC)cc(C(=O)CC(=O)c2ccccc2O)cc1OC. The van der Waals surface area contributed by atoms with Gasteiger partial charge in [0.15, 0.2) is 11.6 Å². The van der Waals surface area contributed by atoms with Crippen LogP contribution in [0.2, 0.25) is 0 Å². The summed E-state index contributed by atoms with van der Waals surface area (Å²) < 4.78 is 11.0. The van der Waals surface area contributed by atoms with E-state index in [1.54, 1.807) is 38.5 Å². The van der Waals surface area contributed by atoms with Gasteiger partial charge >= 0.3 is 0 Å². The second kappa shape index (κ2) is 9.21. The van der Waals surface area contributed by atoms with Crippen LogP contribution in [0.1, 0.15) is 65.3 Å². The Kier molecular flexibility index (Phi) is 6.99. The summed E-state index contributed by atoms with van der Waals surface area (Å²) in [5.41, 5.74) is 1.43. The summed E-state index contributed by atoms with van der Waals surface area (Å²) in [5, 5.41) is 9.81. The molecule has 144 valence electrons. The molecule has 5 heteroatoms. The molecule has 2 aromatic carbocycles. The van der Waals surface area contributed by atoms with E-state index in [2.05, 4.69) is 13.8 Å². The third-order valence-corrected chi connectivity index (χ3v) is 4.79. The fourth-order valence-corrected chi connectivity index (χ4v) is 3.25. The van der Waals surface area contributed by atoms with E-state index in [1.165, 1.54) is 12.1 Å². The van der Waals surface area contributed by atoms with Crippen molar-refractivity contribution in [1.29, 1.82) is 0 Å². The average molecular weight is 370 g/mol. The van der Waals surface area contributed by atoms with Crippen LogP contribution >= 0.6 is 0 Å².